The third-order valence-electron chi connectivity index (χ3n) is 3.03. The van der Waals surface area contributed by atoms with Gasteiger partial charge < -0.3 is 10.3 Å². The Morgan fingerprint density at radius 1 is 1.22 bits per heavy atom. The minimum Gasteiger partial charge on any atom is -0.342 e. The number of imidazole rings is 1. The zero-order valence-corrected chi connectivity index (χ0v) is 11.8. The van der Waals surface area contributed by atoms with Crippen molar-refractivity contribution in [2.45, 2.75) is 13.3 Å². The first-order chi connectivity index (χ1) is 7.83. The van der Waals surface area contributed by atoms with E-state index in [4.69, 9.17) is 0 Å². The summed E-state index contributed by atoms with van der Waals surface area (Å²) in [6, 6.07) is 6.46. The Kier molecular flexibility index (Phi) is 5.20. The summed E-state index contributed by atoms with van der Waals surface area (Å²) < 4.78 is 0. The highest BCUT2D eigenvalue weighted by atomic mass is 35.5. The van der Waals surface area contributed by atoms with Gasteiger partial charge in [-0.1, -0.05) is 12.1 Å². The molecular weight excluding hydrogens is 269 g/mol. The molecule has 0 atom stereocenters. The zero-order valence-electron chi connectivity index (χ0n) is 10.2. The Hall–Kier alpha value is -1.03. The van der Waals surface area contributed by atoms with Crippen molar-refractivity contribution in [3.63, 3.8) is 0 Å². The number of rotatable bonds is 1. The lowest BCUT2D eigenvalue weighted by Crippen LogP contribution is -2.19. The summed E-state index contributed by atoms with van der Waals surface area (Å²) in [5.74, 6) is 0.978. The summed E-state index contributed by atoms with van der Waals surface area (Å²) in [5, 5.41) is 3.33. The fourth-order valence-corrected chi connectivity index (χ4v) is 2.22. The number of hydrogen-bond donors (Lipinski definition) is 2. The Morgan fingerprint density at radius 2 is 2.06 bits per heavy atom. The number of benzene rings is 1. The summed E-state index contributed by atoms with van der Waals surface area (Å²) in [4.78, 5) is 7.70. The maximum atomic E-state index is 4.41. The number of nitrogens with one attached hydrogen (secondary N) is 2. The molecule has 0 amide bonds. The molecule has 0 radical (unpaired) electrons. The summed E-state index contributed by atoms with van der Waals surface area (Å²) >= 11 is 0. The molecule has 0 saturated carbocycles. The van der Waals surface area contributed by atoms with E-state index in [9.17, 15) is 0 Å². The highest BCUT2D eigenvalue weighted by molar-refractivity contribution is 5.85. The number of H-pyrrole nitrogens is 1. The fraction of sp³-hybridized carbons (Fsp3) is 0.308. The topological polar surface area (TPSA) is 40.7 Å². The number of aromatic nitrogens is 2. The molecule has 1 aliphatic rings. The molecule has 0 spiro atoms. The van der Waals surface area contributed by atoms with E-state index in [1.807, 2.05) is 6.92 Å². The zero-order chi connectivity index (χ0) is 11.0. The van der Waals surface area contributed by atoms with Crippen LogP contribution in [-0.4, -0.2) is 23.1 Å². The number of aryl methyl sites for hydroxylation is 1. The molecule has 98 valence electrons. The smallest absolute Gasteiger partial charge is 0.104 e. The largest absolute Gasteiger partial charge is 0.342 e. The van der Waals surface area contributed by atoms with Crippen molar-refractivity contribution in [2.24, 2.45) is 0 Å². The van der Waals surface area contributed by atoms with Crippen LogP contribution in [0.5, 0.6) is 0 Å². The maximum absolute atomic E-state index is 4.41. The van der Waals surface area contributed by atoms with Crippen molar-refractivity contribution in [1.82, 2.24) is 15.3 Å². The predicted octanol–water partition coefficient (Wildman–Crippen LogP) is 3.09. The average Bonchev–Trinajstić information content (AvgIpc) is 2.69. The van der Waals surface area contributed by atoms with Gasteiger partial charge in [-0.05, 0) is 43.2 Å². The molecule has 3 nitrogen and oxygen atoms in total. The van der Waals surface area contributed by atoms with Gasteiger partial charge in [-0.25, -0.2) is 4.98 Å². The third-order valence-corrected chi connectivity index (χ3v) is 3.03. The van der Waals surface area contributed by atoms with E-state index in [-0.39, 0.29) is 24.8 Å². The molecule has 3 rings (SSSR count). The van der Waals surface area contributed by atoms with Crippen LogP contribution in [-0.2, 0) is 0 Å². The van der Waals surface area contributed by atoms with Crippen LogP contribution in [0.1, 0.15) is 17.8 Å². The Morgan fingerprint density at radius 3 is 2.78 bits per heavy atom. The van der Waals surface area contributed by atoms with Gasteiger partial charge in [0.1, 0.15) is 5.82 Å². The minimum atomic E-state index is 0. The van der Waals surface area contributed by atoms with Crippen LogP contribution in [0.25, 0.3) is 16.6 Å². The van der Waals surface area contributed by atoms with Crippen LogP contribution in [0.4, 0.5) is 0 Å². The van der Waals surface area contributed by atoms with E-state index >= 15 is 0 Å². The summed E-state index contributed by atoms with van der Waals surface area (Å²) in [6.45, 7) is 4.05. The number of aromatic amines is 1. The van der Waals surface area contributed by atoms with Crippen LogP contribution in [0.2, 0.25) is 0 Å². The highest BCUT2D eigenvalue weighted by Gasteiger charge is 2.07. The third kappa shape index (κ3) is 2.86. The SMILES string of the molecule is Cc1nc2ccc(C3=CCNCC3)cc2[nH]1.Cl.Cl. The maximum Gasteiger partial charge on any atom is 0.104 e. The summed E-state index contributed by atoms with van der Waals surface area (Å²) in [5.41, 5.74) is 4.94. The lowest BCUT2D eigenvalue weighted by Gasteiger charge is -2.13. The van der Waals surface area contributed by atoms with Crippen LogP contribution in [0.3, 0.4) is 0 Å². The van der Waals surface area contributed by atoms with Crippen LogP contribution < -0.4 is 5.32 Å². The lowest BCUT2D eigenvalue weighted by molar-refractivity contribution is 0.738. The molecule has 0 saturated heterocycles. The molecule has 2 aromatic rings. The second-order valence-electron chi connectivity index (χ2n) is 4.24. The molecule has 0 aliphatic carbocycles. The van der Waals surface area contributed by atoms with Gasteiger partial charge in [-0.15, -0.1) is 24.8 Å². The number of hydrogen-bond acceptors (Lipinski definition) is 2. The van der Waals surface area contributed by atoms with Gasteiger partial charge >= 0.3 is 0 Å². The van der Waals surface area contributed by atoms with E-state index in [1.165, 1.54) is 11.1 Å². The Balaban J connectivity index is 0.000000810. The summed E-state index contributed by atoms with van der Waals surface area (Å²) in [6.07, 6.45) is 3.38. The average molecular weight is 286 g/mol. The van der Waals surface area contributed by atoms with E-state index < -0.39 is 0 Å². The van der Waals surface area contributed by atoms with E-state index in [0.29, 0.717) is 0 Å². The normalized spacial score (nSPS) is 14.6. The molecule has 1 aliphatic heterocycles. The minimum absolute atomic E-state index is 0. The van der Waals surface area contributed by atoms with Crippen molar-refractivity contribution >= 4 is 41.4 Å². The molecule has 5 heteroatoms. The molecule has 2 N–H and O–H groups in total. The monoisotopic (exact) mass is 285 g/mol. The Bertz CT molecular complexity index is 560. The first-order valence-corrected chi connectivity index (χ1v) is 5.69. The standard InChI is InChI=1S/C13H15N3.2ClH/c1-9-15-12-3-2-11(8-13(12)16-9)10-4-6-14-7-5-10;;/h2-4,8,14H,5-7H2,1H3,(H,15,16);2*1H. The lowest BCUT2D eigenvalue weighted by atomic mass is 10.00. The molecule has 1 aromatic carbocycles. The molecular formula is C13H17Cl2N3. The van der Waals surface area contributed by atoms with Gasteiger partial charge in [-0.3, -0.25) is 0 Å². The van der Waals surface area contributed by atoms with Crippen LogP contribution >= 0.6 is 24.8 Å². The van der Waals surface area contributed by atoms with Crippen molar-refractivity contribution < 1.29 is 0 Å². The second-order valence-corrected chi connectivity index (χ2v) is 4.24. The van der Waals surface area contributed by atoms with Gasteiger partial charge in [0, 0.05) is 6.54 Å². The quantitative estimate of drug-likeness (QED) is 0.845. The van der Waals surface area contributed by atoms with Crippen LogP contribution in [0, 0.1) is 6.92 Å². The number of fused-ring (bicyclic) bond motifs is 1. The van der Waals surface area contributed by atoms with E-state index in [0.717, 1.165) is 36.4 Å². The molecule has 0 unspecified atom stereocenters. The van der Waals surface area contributed by atoms with Gasteiger partial charge in [0.15, 0.2) is 0 Å². The van der Waals surface area contributed by atoms with Crippen LogP contribution in [0.15, 0.2) is 24.3 Å². The van der Waals surface area contributed by atoms with E-state index in [1.54, 1.807) is 0 Å². The van der Waals surface area contributed by atoms with E-state index in [2.05, 4.69) is 39.6 Å². The second kappa shape index (κ2) is 6.23. The Labute approximate surface area is 119 Å². The first kappa shape index (κ1) is 15.0. The first-order valence-electron chi connectivity index (χ1n) is 5.69. The summed E-state index contributed by atoms with van der Waals surface area (Å²) in [7, 11) is 0. The predicted molar refractivity (Wildman–Crippen MR) is 80.8 cm³/mol. The van der Waals surface area contributed by atoms with Gasteiger partial charge in [0.2, 0.25) is 0 Å². The highest BCUT2D eigenvalue weighted by Crippen LogP contribution is 2.23. The van der Waals surface area contributed by atoms with Crippen molar-refractivity contribution in [1.29, 1.82) is 0 Å². The molecule has 0 fully saturated rings. The number of nitrogens with zero attached hydrogens (tertiary/aromatic N) is 1. The molecule has 1 aromatic heterocycles. The fourth-order valence-electron chi connectivity index (χ4n) is 2.22. The van der Waals surface area contributed by atoms with Crippen molar-refractivity contribution in [2.75, 3.05) is 13.1 Å². The molecule has 18 heavy (non-hydrogen) atoms. The number of halogens is 2. The van der Waals surface area contributed by atoms with Gasteiger partial charge in [0.25, 0.3) is 0 Å². The van der Waals surface area contributed by atoms with Gasteiger partial charge in [0.05, 0.1) is 11.0 Å². The molecule has 2 heterocycles. The van der Waals surface area contributed by atoms with Gasteiger partial charge in [-0.2, -0.15) is 0 Å². The van der Waals surface area contributed by atoms with Crippen molar-refractivity contribution in [3.8, 4) is 0 Å². The molecule has 0 bridgehead atoms. The van der Waals surface area contributed by atoms with Crippen molar-refractivity contribution in [3.05, 3.63) is 35.7 Å².